The van der Waals surface area contributed by atoms with E-state index in [4.69, 9.17) is 9.47 Å². The molecule has 0 N–H and O–H groups in total. The summed E-state index contributed by atoms with van der Waals surface area (Å²) in [5.74, 6) is 1.84. The molecule has 0 amide bonds. The minimum Gasteiger partial charge on any atom is -0.493 e. The van der Waals surface area contributed by atoms with Crippen LogP contribution in [0.5, 0.6) is 11.5 Å². The number of hydrogen-bond donors (Lipinski definition) is 0. The molecule has 2 rings (SSSR count). The van der Waals surface area contributed by atoms with Gasteiger partial charge in [-0.2, -0.15) is 0 Å². The Kier molecular flexibility index (Phi) is 4.70. The Morgan fingerprint density at radius 2 is 2.00 bits per heavy atom. The van der Waals surface area contributed by atoms with Crippen molar-refractivity contribution in [2.45, 2.75) is 32.2 Å². The Balaban J connectivity index is 2.36. The molecule has 0 saturated heterocycles. The highest BCUT2D eigenvalue weighted by Crippen LogP contribution is 2.30. The van der Waals surface area contributed by atoms with Crippen molar-refractivity contribution in [3.8, 4) is 11.5 Å². The fraction of sp³-hybridized carbons (Fsp3) is 0.375. The molecule has 1 unspecified atom stereocenters. The van der Waals surface area contributed by atoms with Crippen molar-refractivity contribution >= 4 is 26.7 Å². The lowest BCUT2D eigenvalue weighted by atomic mass is 10.0. The van der Waals surface area contributed by atoms with E-state index in [1.165, 1.54) is 16.3 Å². The van der Waals surface area contributed by atoms with Gasteiger partial charge in [-0.3, -0.25) is 0 Å². The van der Waals surface area contributed by atoms with Gasteiger partial charge in [-0.15, -0.1) is 0 Å². The maximum atomic E-state index is 5.75. The van der Waals surface area contributed by atoms with Crippen LogP contribution in [0, 0.1) is 6.92 Å². The predicted molar refractivity (Wildman–Crippen MR) is 83.5 cm³/mol. The van der Waals surface area contributed by atoms with E-state index in [-0.39, 0.29) is 5.01 Å². The van der Waals surface area contributed by atoms with Gasteiger partial charge in [0.2, 0.25) is 0 Å². The van der Waals surface area contributed by atoms with Gasteiger partial charge in [-0.25, -0.2) is 0 Å². The molecule has 0 aliphatic heterocycles. The first-order valence-corrected chi connectivity index (χ1v) is 7.50. The third-order valence-corrected chi connectivity index (χ3v) is 3.16. The topological polar surface area (TPSA) is 18.5 Å². The number of benzene rings is 2. The first kappa shape index (κ1) is 14.2. The van der Waals surface area contributed by atoms with Crippen molar-refractivity contribution in [2.75, 3.05) is 6.61 Å². The predicted octanol–water partition coefficient (Wildman–Crippen LogP) is 5.06. The second kappa shape index (κ2) is 6.29. The van der Waals surface area contributed by atoms with Crippen LogP contribution in [-0.2, 0) is 0 Å². The molecule has 19 heavy (non-hydrogen) atoms. The average molecular weight is 323 g/mol. The number of alkyl halides is 1. The lowest BCUT2D eigenvalue weighted by molar-refractivity contribution is 0.314. The van der Waals surface area contributed by atoms with Crippen molar-refractivity contribution in [3.05, 3.63) is 35.9 Å². The molecule has 0 fully saturated rings. The number of halogens is 1. The lowest BCUT2D eigenvalue weighted by Gasteiger charge is -2.13. The summed E-state index contributed by atoms with van der Waals surface area (Å²) in [5.41, 5.74) is 1.18. The van der Waals surface area contributed by atoms with E-state index >= 15 is 0 Å². The fourth-order valence-corrected chi connectivity index (χ4v) is 2.29. The van der Waals surface area contributed by atoms with Crippen LogP contribution >= 0.6 is 15.9 Å². The van der Waals surface area contributed by atoms with E-state index < -0.39 is 0 Å². The van der Waals surface area contributed by atoms with E-state index in [1.807, 2.05) is 19.1 Å². The fourth-order valence-electron chi connectivity index (χ4n) is 2.07. The van der Waals surface area contributed by atoms with Crippen LogP contribution in [0.25, 0.3) is 10.8 Å². The zero-order chi connectivity index (χ0) is 13.8. The van der Waals surface area contributed by atoms with Crippen LogP contribution in [0.15, 0.2) is 30.3 Å². The maximum absolute atomic E-state index is 5.75. The molecule has 0 saturated carbocycles. The molecule has 2 aromatic rings. The van der Waals surface area contributed by atoms with Gasteiger partial charge in [0.15, 0.2) is 5.01 Å². The van der Waals surface area contributed by atoms with Gasteiger partial charge < -0.3 is 9.47 Å². The van der Waals surface area contributed by atoms with E-state index in [0.29, 0.717) is 0 Å². The molecule has 0 aliphatic rings. The Labute approximate surface area is 122 Å². The van der Waals surface area contributed by atoms with Crippen molar-refractivity contribution in [1.29, 1.82) is 0 Å². The van der Waals surface area contributed by atoms with E-state index in [2.05, 4.69) is 48.0 Å². The molecule has 0 aromatic heterocycles. The highest BCUT2D eigenvalue weighted by Gasteiger charge is 2.06. The first-order chi connectivity index (χ1) is 9.11. The van der Waals surface area contributed by atoms with Gasteiger partial charge in [-0.1, -0.05) is 19.1 Å². The summed E-state index contributed by atoms with van der Waals surface area (Å²) in [7, 11) is 0. The van der Waals surface area contributed by atoms with Gasteiger partial charge in [0.1, 0.15) is 11.5 Å². The third-order valence-electron chi connectivity index (χ3n) is 2.97. The summed E-state index contributed by atoms with van der Waals surface area (Å²) in [6, 6.07) is 10.3. The molecule has 3 heteroatoms. The minimum absolute atomic E-state index is 0.0122. The normalized spacial score (nSPS) is 12.4. The van der Waals surface area contributed by atoms with Gasteiger partial charge in [-0.05, 0) is 70.7 Å². The molecule has 0 heterocycles. The SMILES string of the molecule is CCCOc1ccc2cc(OC(C)Br)ccc2c1C. The van der Waals surface area contributed by atoms with Crippen molar-refractivity contribution in [2.24, 2.45) is 0 Å². The number of hydrogen-bond acceptors (Lipinski definition) is 2. The highest BCUT2D eigenvalue weighted by atomic mass is 79.9. The molecule has 0 radical (unpaired) electrons. The van der Waals surface area contributed by atoms with E-state index in [1.54, 1.807) is 0 Å². The number of aryl methyl sites for hydroxylation is 1. The van der Waals surface area contributed by atoms with Gasteiger partial charge >= 0.3 is 0 Å². The summed E-state index contributed by atoms with van der Waals surface area (Å²) < 4.78 is 11.4. The molecular weight excluding hydrogens is 304 g/mol. The van der Waals surface area contributed by atoms with Crippen LogP contribution in [-0.4, -0.2) is 11.6 Å². The summed E-state index contributed by atoms with van der Waals surface area (Å²) in [4.78, 5) is 0. The Bertz CT molecular complexity index is 564. The number of fused-ring (bicyclic) bond motifs is 1. The summed E-state index contributed by atoms with van der Waals surface area (Å²) >= 11 is 3.39. The van der Waals surface area contributed by atoms with Crippen molar-refractivity contribution in [1.82, 2.24) is 0 Å². The second-order valence-corrected chi connectivity index (χ2v) is 5.87. The van der Waals surface area contributed by atoms with Gasteiger partial charge in [0.25, 0.3) is 0 Å². The van der Waals surface area contributed by atoms with E-state index in [9.17, 15) is 0 Å². The molecule has 0 aliphatic carbocycles. The zero-order valence-corrected chi connectivity index (χ0v) is 13.2. The average Bonchev–Trinajstić information content (AvgIpc) is 2.37. The van der Waals surface area contributed by atoms with Gasteiger partial charge in [0.05, 0.1) is 6.61 Å². The number of rotatable bonds is 5. The molecular formula is C16H19BrO2. The lowest BCUT2D eigenvalue weighted by Crippen LogP contribution is -2.01. The van der Waals surface area contributed by atoms with Crippen molar-refractivity contribution < 1.29 is 9.47 Å². The zero-order valence-electron chi connectivity index (χ0n) is 11.6. The third kappa shape index (κ3) is 3.41. The molecule has 102 valence electrons. The Morgan fingerprint density at radius 1 is 1.21 bits per heavy atom. The highest BCUT2D eigenvalue weighted by molar-refractivity contribution is 9.09. The van der Waals surface area contributed by atoms with Crippen LogP contribution in [0.3, 0.4) is 0 Å². The number of ether oxygens (including phenoxy) is 2. The summed E-state index contributed by atoms with van der Waals surface area (Å²) in [6.07, 6.45) is 1.02. The Morgan fingerprint density at radius 3 is 2.68 bits per heavy atom. The molecule has 1 atom stereocenters. The molecule has 0 bridgehead atoms. The standard InChI is InChI=1S/C16H19BrO2/c1-4-9-18-16-8-5-13-10-14(19-12(3)17)6-7-15(13)11(16)2/h5-8,10,12H,4,9H2,1-3H3. The maximum Gasteiger partial charge on any atom is 0.150 e. The van der Waals surface area contributed by atoms with Crippen molar-refractivity contribution in [3.63, 3.8) is 0 Å². The Hall–Kier alpha value is -1.22. The minimum atomic E-state index is 0.0122. The molecule has 2 nitrogen and oxygen atoms in total. The molecule has 2 aromatic carbocycles. The summed E-state index contributed by atoms with van der Waals surface area (Å²) in [5, 5.41) is 2.40. The smallest absolute Gasteiger partial charge is 0.150 e. The van der Waals surface area contributed by atoms with Gasteiger partial charge in [0, 0.05) is 0 Å². The van der Waals surface area contributed by atoms with Crippen LogP contribution < -0.4 is 9.47 Å². The monoisotopic (exact) mass is 322 g/mol. The van der Waals surface area contributed by atoms with Crippen LogP contribution in [0.4, 0.5) is 0 Å². The van der Waals surface area contributed by atoms with Crippen LogP contribution in [0.1, 0.15) is 25.8 Å². The quantitative estimate of drug-likeness (QED) is 0.716. The van der Waals surface area contributed by atoms with Crippen LogP contribution in [0.2, 0.25) is 0 Å². The van der Waals surface area contributed by atoms with E-state index in [0.717, 1.165) is 24.5 Å². The second-order valence-electron chi connectivity index (χ2n) is 4.58. The first-order valence-electron chi connectivity index (χ1n) is 6.58. The summed E-state index contributed by atoms with van der Waals surface area (Å²) in [6.45, 7) is 6.92. The largest absolute Gasteiger partial charge is 0.493 e. The molecule has 0 spiro atoms.